The first-order valence-corrected chi connectivity index (χ1v) is 8.41. The van der Waals surface area contributed by atoms with Crippen LogP contribution in [0.25, 0.3) is 0 Å². The molecule has 2 saturated heterocycles. The number of nitrogens with zero attached hydrogens (tertiary/aromatic N) is 3. The fourth-order valence-electron chi connectivity index (χ4n) is 2.61. The average molecular weight is 291 g/mol. The minimum Gasteiger partial charge on any atom is -0.377 e. The number of hydrogen-bond acceptors (Lipinski definition) is 4. The van der Waals surface area contributed by atoms with Crippen LogP contribution in [0.5, 0.6) is 0 Å². The molecule has 2 aliphatic rings. The number of hydrogen-bond donors (Lipinski definition) is 0. The minimum absolute atomic E-state index is 0.339. The van der Waals surface area contributed by atoms with Crippen LogP contribution >= 0.6 is 0 Å². The van der Waals surface area contributed by atoms with Crippen LogP contribution in [0.2, 0.25) is 0 Å². The summed E-state index contributed by atoms with van der Waals surface area (Å²) in [5.41, 5.74) is 0. The molecule has 0 N–H and O–H groups in total. The molecule has 0 unspecified atom stereocenters. The number of rotatable bonds is 4. The molecule has 2 fully saturated rings. The van der Waals surface area contributed by atoms with E-state index in [4.69, 9.17) is 4.74 Å². The molecule has 0 aromatic rings. The van der Waals surface area contributed by atoms with E-state index in [1.807, 2.05) is 0 Å². The molecule has 2 rings (SSSR count). The highest BCUT2D eigenvalue weighted by molar-refractivity contribution is 7.86. The zero-order chi connectivity index (χ0) is 13.9. The van der Waals surface area contributed by atoms with E-state index < -0.39 is 10.2 Å². The second-order valence-electron chi connectivity index (χ2n) is 5.48. The zero-order valence-corrected chi connectivity index (χ0v) is 12.7. The maximum Gasteiger partial charge on any atom is 0.281 e. The van der Waals surface area contributed by atoms with Crippen LogP contribution in [-0.4, -0.2) is 81.5 Å². The van der Waals surface area contributed by atoms with Gasteiger partial charge in [-0.1, -0.05) is 0 Å². The van der Waals surface area contributed by atoms with Crippen molar-refractivity contribution in [1.82, 2.24) is 13.5 Å². The lowest BCUT2D eigenvalue weighted by atomic mass is 10.1. The van der Waals surface area contributed by atoms with Gasteiger partial charge in [-0.3, -0.25) is 4.90 Å². The summed E-state index contributed by atoms with van der Waals surface area (Å²) in [6, 6.07) is 0. The molecule has 0 saturated carbocycles. The van der Waals surface area contributed by atoms with Crippen molar-refractivity contribution < 1.29 is 13.2 Å². The Bertz CT molecular complexity index is 372. The second-order valence-corrected chi connectivity index (χ2v) is 7.62. The van der Waals surface area contributed by atoms with Gasteiger partial charge in [0, 0.05) is 53.4 Å². The van der Waals surface area contributed by atoms with Crippen LogP contribution in [0, 0.1) is 0 Å². The van der Waals surface area contributed by atoms with E-state index in [1.54, 1.807) is 18.4 Å². The summed E-state index contributed by atoms with van der Waals surface area (Å²) in [5.74, 6) is 0. The lowest BCUT2D eigenvalue weighted by Gasteiger charge is -2.37. The van der Waals surface area contributed by atoms with Crippen LogP contribution in [0.15, 0.2) is 0 Å². The van der Waals surface area contributed by atoms with Gasteiger partial charge in [0.25, 0.3) is 10.2 Å². The zero-order valence-electron chi connectivity index (χ0n) is 11.9. The molecule has 7 heteroatoms. The van der Waals surface area contributed by atoms with Gasteiger partial charge in [0.15, 0.2) is 0 Å². The second kappa shape index (κ2) is 6.49. The van der Waals surface area contributed by atoms with Gasteiger partial charge in [-0.05, 0) is 19.3 Å². The van der Waals surface area contributed by atoms with Crippen molar-refractivity contribution in [2.45, 2.75) is 25.4 Å². The van der Waals surface area contributed by atoms with Crippen molar-refractivity contribution in [3.8, 4) is 0 Å². The van der Waals surface area contributed by atoms with Gasteiger partial charge in [0.2, 0.25) is 0 Å². The van der Waals surface area contributed by atoms with Crippen LogP contribution in [0.3, 0.4) is 0 Å². The van der Waals surface area contributed by atoms with E-state index in [9.17, 15) is 8.42 Å². The number of piperazine rings is 1. The molecule has 0 spiro atoms. The molecule has 2 aliphatic heterocycles. The van der Waals surface area contributed by atoms with Crippen molar-refractivity contribution in [1.29, 1.82) is 0 Å². The largest absolute Gasteiger partial charge is 0.377 e. The van der Waals surface area contributed by atoms with Gasteiger partial charge in [0.1, 0.15) is 0 Å². The first-order valence-electron chi connectivity index (χ1n) is 7.01. The third kappa shape index (κ3) is 3.88. The predicted octanol–water partition coefficient (Wildman–Crippen LogP) is -0.0205. The molecule has 6 nitrogen and oxygen atoms in total. The SMILES string of the molecule is CN(C)S(=O)(=O)N1CCN(C[C@H]2CCCCO2)CC1. The summed E-state index contributed by atoms with van der Waals surface area (Å²) in [6.45, 7) is 4.57. The molecule has 0 aliphatic carbocycles. The minimum atomic E-state index is -3.25. The Labute approximate surface area is 116 Å². The molecule has 0 bridgehead atoms. The average Bonchev–Trinajstić information content (AvgIpc) is 2.40. The monoisotopic (exact) mass is 291 g/mol. The highest BCUT2D eigenvalue weighted by atomic mass is 32.2. The van der Waals surface area contributed by atoms with E-state index in [2.05, 4.69) is 4.90 Å². The normalized spacial score (nSPS) is 27.8. The highest BCUT2D eigenvalue weighted by Gasteiger charge is 2.29. The topological polar surface area (TPSA) is 53.1 Å². The van der Waals surface area contributed by atoms with Gasteiger partial charge in [-0.2, -0.15) is 17.0 Å². The standard InChI is InChI=1S/C12H25N3O3S/c1-13(2)19(16,17)15-8-6-14(7-9-15)11-12-5-3-4-10-18-12/h12H,3-11H2,1-2H3/t12-/m1/s1. The van der Waals surface area contributed by atoms with E-state index in [1.165, 1.54) is 17.1 Å². The molecular formula is C12H25N3O3S. The maximum absolute atomic E-state index is 12.0. The maximum atomic E-state index is 12.0. The van der Waals surface area contributed by atoms with E-state index in [0.29, 0.717) is 19.2 Å². The molecule has 112 valence electrons. The summed E-state index contributed by atoms with van der Waals surface area (Å²) >= 11 is 0. The summed E-state index contributed by atoms with van der Waals surface area (Å²) in [6.07, 6.45) is 3.90. The van der Waals surface area contributed by atoms with E-state index >= 15 is 0 Å². The third-order valence-electron chi connectivity index (χ3n) is 3.85. The van der Waals surface area contributed by atoms with Gasteiger partial charge in [-0.25, -0.2) is 0 Å². The van der Waals surface area contributed by atoms with E-state index in [0.717, 1.165) is 32.7 Å². The lowest BCUT2D eigenvalue weighted by Crippen LogP contribution is -2.53. The Morgan fingerprint density at radius 3 is 2.37 bits per heavy atom. The van der Waals surface area contributed by atoms with Crippen LogP contribution in [0.1, 0.15) is 19.3 Å². The van der Waals surface area contributed by atoms with Gasteiger partial charge >= 0.3 is 0 Å². The smallest absolute Gasteiger partial charge is 0.281 e. The Morgan fingerprint density at radius 1 is 1.16 bits per heavy atom. The van der Waals surface area contributed by atoms with Crippen molar-refractivity contribution in [2.24, 2.45) is 0 Å². The first kappa shape index (κ1) is 15.2. The summed E-state index contributed by atoms with van der Waals surface area (Å²) in [5, 5.41) is 0. The van der Waals surface area contributed by atoms with Gasteiger partial charge < -0.3 is 4.74 Å². The van der Waals surface area contributed by atoms with Crippen molar-refractivity contribution in [3.63, 3.8) is 0 Å². The molecule has 0 radical (unpaired) electrons. The fourth-order valence-corrected chi connectivity index (χ4v) is 3.70. The highest BCUT2D eigenvalue weighted by Crippen LogP contribution is 2.16. The van der Waals surface area contributed by atoms with Crippen molar-refractivity contribution in [2.75, 3.05) is 53.4 Å². The molecule has 0 aromatic carbocycles. The Balaban J connectivity index is 1.79. The van der Waals surface area contributed by atoms with Crippen molar-refractivity contribution in [3.05, 3.63) is 0 Å². The predicted molar refractivity (Wildman–Crippen MR) is 74.2 cm³/mol. The van der Waals surface area contributed by atoms with Crippen molar-refractivity contribution >= 4 is 10.2 Å². The molecule has 1 atom stereocenters. The van der Waals surface area contributed by atoms with Gasteiger partial charge in [-0.15, -0.1) is 0 Å². The van der Waals surface area contributed by atoms with Crippen LogP contribution in [0.4, 0.5) is 0 Å². The van der Waals surface area contributed by atoms with Crippen LogP contribution < -0.4 is 0 Å². The Morgan fingerprint density at radius 2 is 1.84 bits per heavy atom. The quantitative estimate of drug-likeness (QED) is 0.730. The molecule has 0 aromatic heterocycles. The third-order valence-corrected chi connectivity index (χ3v) is 5.80. The summed E-state index contributed by atoms with van der Waals surface area (Å²) in [7, 11) is -0.0859. The molecule has 0 amide bonds. The Kier molecular flexibility index (Phi) is 5.19. The van der Waals surface area contributed by atoms with Gasteiger partial charge in [0.05, 0.1) is 6.10 Å². The fraction of sp³-hybridized carbons (Fsp3) is 1.00. The first-order chi connectivity index (χ1) is 9.00. The summed E-state index contributed by atoms with van der Waals surface area (Å²) < 4.78 is 32.6. The molecule has 2 heterocycles. The molecular weight excluding hydrogens is 266 g/mol. The van der Waals surface area contributed by atoms with E-state index in [-0.39, 0.29) is 0 Å². The Hall–Kier alpha value is -0.210. The van der Waals surface area contributed by atoms with Crippen LogP contribution in [-0.2, 0) is 14.9 Å². The summed E-state index contributed by atoms with van der Waals surface area (Å²) in [4.78, 5) is 2.32. The lowest BCUT2D eigenvalue weighted by molar-refractivity contribution is -0.0104. The molecule has 19 heavy (non-hydrogen) atoms. The number of ether oxygens (including phenoxy) is 1.